The van der Waals surface area contributed by atoms with Crippen molar-refractivity contribution >= 4 is 6.09 Å². The molecule has 1 rings (SSSR count). The van der Waals surface area contributed by atoms with Crippen molar-refractivity contribution in [3.63, 3.8) is 0 Å². The van der Waals surface area contributed by atoms with Gasteiger partial charge in [-0.2, -0.15) is 0 Å². The van der Waals surface area contributed by atoms with Gasteiger partial charge in [-0.3, -0.25) is 0 Å². The zero-order valence-electron chi connectivity index (χ0n) is 5.83. The Morgan fingerprint density at radius 2 is 2.70 bits per heavy atom. The molecule has 0 saturated carbocycles. The van der Waals surface area contributed by atoms with E-state index >= 15 is 0 Å². The van der Waals surface area contributed by atoms with Crippen LogP contribution in [-0.2, 0) is 4.74 Å². The van der Waals surface area contributed by atoms with Crippen LogP contribution in [0.25, 0.3) is 0 Å². The molecule has 1 aliphatic heterocycles. The smallest absolute Gasteiger partial charge is 0.407 e. The quantitative estimate of drug-likeness (QED) is 0.568. The van der Waals surface area contributed by atoms with E-state index in [0.29, 0.717) is 13.0 Å². The minimum Gasteiger partial charge on any atom is -0.442 e. The molecule has 0 radical (unpaired) electrons. The number of aliphatic hydroxyl groups excluding tert-OH is 1. The van der Waals surface area contributed by atoms with Gasteiger partial charge in [-0.05, 0) is 6.42 Å². The standard InChI is InChI=1S/C6H11NO3/c1-2-4(8)5-3-7-6(9)10-5/h4-5,8H,2-3H2,1H3,(H,7,9). The van der Waals surface area contributed by atoms with Gasteiger partial charge in [-0.1, -0.05) is 6.92 Å². The van der Waals surface area contributed by atoms with Gasteiger partial charge in [0.15, 0.2) is 0 Å². The fraction of sp³-hybridized carbons (Fsp3) is 0.833. The monoisotopic (exact) mass is 145 g/mol. The molecule has 1 amide bonds. The first-order chi connectivity index (χ1) is 4.74. The third kappa shape index (κ3) is 1.39. The Morgan fingerprint density at radius 1 is 2.00 bits per heavy atom. The molecule has 0 aliphatic carbocycles. The van der Waals surface area contributed by atoms with Gasteiger partial charge in [0.25, 0.3) is 0 Å². The number of alkyl carbamates (subject to hydrolysis) is 1. The van der Waals surface area contributed by atoms with Crippen molar-refractivity contribution in [3.05, 3.63) is 0 Å². The summed E-state index contributed by atoms with van der Waals surface area (Å²) < 4.78 is 4.71. The van der Waals surface area contributed by atoms with E-state index in [2.05, 4.69) is 5.32 Å². The number of aliphatic hydroxyl groups is 1. The van der Waals surface area contributed by atoms with E-state index in [0.717, 1.165) is 0 Å². The topological polar surface area (TPSA) is 58.6 Å². The van der Waals surface area contributed by atoms with Crippen LogP contribution in [0.2, 0.25) is 0 Å². The van der Waals surface area contributed by atoms with Crippen LogP contribution in [0.5, 0.6) is 0 Å². The molecule has 0 aromatic rings. The summed E-state index contributed by atoms with van der Waals surface area (Å²) in [5.74, 6) is 0. The first kappa shape index (κ1) is 7.34. The van der Waals surface area contributed by atoms with Crippen LogP contribution in [0, 0.1) is 0 Å². The lowest BCUT2D eigenvalue weighted by molar-refractivity contribution is 0.0308. The number of hydrogen-bond acceptors (Lipinski definition) is 3. The second kappa shape index (κ2) is 2.88. The van der Waals surface area contributed by atoms with Gasteiger partial charge in [0.1, 0.15) is 6.10 Å². The molecule has 0 aromatic carbocycles. The van der Waals surface area contributed by atoms with Gasteiger partial charge >= 0.3 is 6.09 Å². The fourth-order valence-corrected chi connectivity index (χ4v) is 0.882. The van der Waals surface area contributed by atoms with Crippen molar-refractivity contribution in [1.29, 1.82) is 0 Å². The number of hydrogen-bond donors (Lipinski definition) is 2. The van der Waals surface area contributed by atoms with E-state index in [1.165, 1.54) is 0 Å². The third-order valence-corrected chi connectivity index (χ3v) is 1.55. The number of carbonyl (C=O) groups excluding carboxylic acids is 1. The lowest BCUT2D eigenvalue weighted by atomic mass is 10.1. The van der Waals surface area contributed by atoms with E-state index in [9.17, 15) is 4.79 Å². The average Bonchev–Trinajstić information content (AvgIpc) is 2.34. The molecule has 2 N–H and O–H groups in total. The normalized spacial score (nSPS) is 27.4. The lowest BCUT2D eigenvalue weighted by Gasteiger charge is -2.12. The Balaban J connectivity index is 2.36. The number of nitrogens with one attached hydrogen (secondary N) is 1. The summed E-state index contributed by atoms with van der Waals surface area (Å²) in [7, 11) is 0. The molecule has 58 valence electrons. The van der Waals surface area contributed by atoms with Gasteiger partial charge in [0, 0.05) is 0 Å². The third-order valence-electron chi connectivity index (χ3n) is 1.55. The van der Waals surface area contributed by atoms with E-state index < -0.39 is 12.2 Å². The Kier molecular flexibility index (Phi) is 2.11. The van der Waals surface area contributed by atoms with E-state index in [4.69, 9.17) is 9.84 Å². The van der Waals surface area contributed by atoms with Crippen molar-refractivity contribution in [2.24, 2.45) is 0 Å². The van der Waals surface area contributed by atoms with Gasteiger partial charge in [-0.25, -0.2) is 4.79 Å². The minimum absolute atomic E-state index is 0.350. The number of amides is 1. The van der Waals surface area contributed by atoms with Crippen LogP contribution in [0.3, 0.4) is 0 Å². The maximum Gasteiger partial charge on any atom is 0.407 e. The summed E-state index contributed by atoms with van der Waals surface area (Å²) in [6.07, 6.45) is -0.700. The molecule has 2 atom stereocenters. The highest BCUT2D eigenvalue weighted by Gasteiger charge is 2.27. The predicted molar refractivity (Wildman–Crippen MR) is 34.6 cm³/mol. The summed E-state index contributed by atoms with van der Waals surface area (Å²) in [4.78, 5) is 10.4. The highest BCUT2D eigenvalue weighted by atomic mass is 16.6. The molecule has 10 heavy (non-hydrogen) atoms. The highest BCUT2D eigenvalue weighted by molar-refractivity contribution is 5.69. The summed E-state index contributed by atoms with van der Waals surface area (Å²) in [6.45, 7) is 2.27. The van der Waals surface area contributed by atoms with Crippen LogP contribution in [0.4, 0.5) is 4.79 Å². The van der Waals surface area contributed by atoms with E-state index in [1.807, 2.05) is 6.92 Å². The van der Waals surface area contributed by atoms with Crippen molar-refractivity contribution in [1.82, 2.24) is 5.32 Å². The fourth-order valence-electron chi connectivity index (χ4n) is 0.882. The zero-order valence-corrected chi connectivity index (χ0v) is 5.83. The second-order valence-electron chi connectivity index (χ2n) is 2.30. The first-order valence-corrected chi connectivity index (χ1v) is 3.36. The first-order valence-electron chi connectivity index (χ1n) is 3.36. The molecular weight excluding hydrogens is 134 g/mol. The average molecular weight is 145 g/mol. The predicted octanol–water partition coefficient (Wildman–Crippen LogP) is -0.134. The Bertz CT molecular complexity index is 137. The number of cyclic esters (lactones) is 1. The molecule has 0 bridgehead atoms. The Labute approximate surface area is 59.2 Å². The number of rotatable bonds is 2. The Hall–Kier alpha value is -0.770. The largest absolute Gasteiger partial charge is 0.442 e. The maximum atomic E-state index is 10.4. The zero-order chi connectivity index (χ0) is 7.56. The van der Waals surface area contributed by atoms with Crippen molar-refractivity contribution in [2.45, 2.75) is 25.6 Å². The van der Waals surface area contributed by atoms with Gasteiger partial charge in [0.05, 0.1) is 12.6 Å². The molecule has 1 heterocycles. The lowest BCUT2D eigenvalue weighted by Crippen LogP contribution is -2.28. The van der Waals surface area contributed by atoms with Crippen molar-refractivity contribution < 1.29 is 14.6 Å². The molecule has 1 fully saturated rings. The summed E-state index contributed by atoms with van der Waals surface area (Å²) >= 11 is 0. The second-order valence-corrected chi connectivity index (χ2v) is 2.30. The molecule has 1 aliphatic rings. The van der Waals surface area contributed by atoms with Gasteiger partial charge in [-0.15, -0.1) is 0 Å². The van der Waals surface area contributed by atoms with Crippen LogP contribution in [-0.4, -0.2) is 30.0 Å². The molecule has 4 nitrogen and oxygen atoms in total. The number of ether oxygens (including phenoxy) is 1. The Morgan fingerprint density at radius 3 is 3.10 bits per heavy atom. The molecule has 4 heteroatoms. The highest BCUT2D eigenvalue weighted by Crippen LogP contribution is 2.07. The van der Waals surface area contributed by atoms with Gasteiger partial charge < -0.3 is 15.2 Å². The summed E-state index contributed by atoms with van der Waals surface area (Å²) in [5.41, 5.74) is 0. The van der Waals surface area contributed by atoms with Crippen LogP contribution >= 0.6 is 0 Å². The number of carbonyl (C=O) groups is 1. The molecule has 0 aromatic heterocycles. The SMILES string of the molecule is CCC(O)C1CNC(=O)O1. The van der Waals surface area contributed by atoms with E-state index in [-0.39, 0.29) is 6.10 Å². The molecule has 2 unspecified atom stereocenters. The van der Waals surface area contributed by atoms with Crippen molar-refractivity contribution in [2.75, 3.05) is 6.54 Å². The van der Waals surface area contributed by atoms with Crippen molar-refractivity contribution in [3.8, 4) is 0 Å². The van der Waals surface area contributed by atoms with Crippen LogP contribution in [0.1, 0.15) is 13.3 Å². The maximum absolute atomic E-state index is 10.4. The summed E-state index contributed by atoms with van der Waals surface area (Å²) in [5, 5.41) is 11.6. The van der Waals surface area contributed by atoms with E-state index in [1.54, 1.807) is 0 Å². The van der Waals surface area contributed by atoms with Crippen LogP contribution < -0.4 is 5.32 Å². The molecule has 1 saturated heterocycles. The van der Waals surface area contributed by atoms with Gasteiger partial charge in [0.2, 0.25) is 0 Å². The molecular formula is C6H11NO3. The van der Waals surface area contributed by atoms with Crippen LogP contribution in [0.15, 0.2) is 0 Å². The summed E-state index contributed by atoms with van der Waals surface area (Å²) in [6, 6.07) is 0. The molecule has 0 spiro atoms. The minimum atomic E-state index is -0.529.